The monoisotopic (exact) mass is 305 g/mol. The van der Waals surface area contributed by atoms with Gasteiger partial charge in [0.05, 0.1) is 12.7 Å². The predicted molar refractivity (Wildman–Crippen MR) is 84.3 cm³/mol. The molecule has 1 amide bonds. The van der Waals surface area contributed by atoms with Gasteiger partial charge in [-0.3, -0.25) is 4.79 Å². The number of hydrogen-bond acceptors (Lipinski definition) is 4. The first-order valence-electron chi connectivity index (χ1n) is 6.64. The summed E-state index contributed by atoms with van der Waals surface area (Å²) in [6, 6.07) is 8.92. The van der Waals surface area contributed by atoms with E-state index in [-0.39, 0.29) is 22.6 Å². The van der Waals surface area contributed by atoms with Crippen molar-refractivity contribution in [1.29, 1.82) is 0 Å². The first-order chi connectivity index (χ1) is 9.95. The zero-order chi connectivity index (χ0) is 15.5. The lowest BCUT2D eigenvalue weighted by molar-refractivity contribution is 0.0942. The molecule has 0 saturated heterocycles. The number of rotatable bonds is 5. The van der Waals surface area contributed by atoms with E-state index in [2.05, 4.69) is 25.2 Å². The summed E-state index contributed by atoms with van der Waals surface area (Å²) in [4.78, 5) is 13.4. The molecule has 1 heterocycles. The average molecular weight is 305 g/mol. The van der Waals surface area contributed by atoms with E-state index in [1.165, 1.54) is 12.0 Å². The van der Waals surface area contributed by atoms with Crippen LogP contribution in [0.3, 0.4) is 0 Å². The maximum Gasteiger partial charge on any atom is 0.255 e. The first-order valence-corrected chi connectivity index (χ1v) is 7.52. The van der Waals surface area contributed by atoms with Crippen LogP contribution in [0.5, 0.6) is 11.5 Å². The number of carbonyl (C=O) groups is 1. The minimum absolute atomic E-state index is 0.133. The van der Waals surface area contributed by atoms with E-state index in [0.29, 0.717) is 12.3 Å². The fraction of sp³-hybridized carbons (Fsp3) is 0.312. The number of phenolic OH excluding ortho intramolecular Hbond substituents is 1. The highest BCUT2D eigenvalue weighted by molar-refractivity contribution is 7.10. The lowest BCUT2D eigenvalue weighted by atomic mass is 9.91. The summed E-state index contributed by atoms with van der Waals surface area (Å²) in [5.41, 5.74) is 0.0644. The molecular formula is C16H19NO3S. The number of thiophene rings is 1. The van der Waals surface area contributed by atoms with Gasteiger partial charge in [-0.05, 0) is 23.6 Å². The summed E-state index contributed by atoms with van der Waals surface area (Å²) >= 11 is 1.67. The number of hydrogen-bond donors (Lipinski definition) is 2. The minimum Gasteiger partial charge on any atom is -0.504 e. The minimum atomic E-state index is -0.309. The molecule has 5 heteroatoms. The van der Waals surface area contributed by atoms with Crippen LogP contribution in [0.25, 0.3) is 0 Å². The second-order valence-electron chi connectivity index (χ2n) is 5.40. The van der Waals surface area contributed by atoms with Crippen molar-refractivity contribution in [3.63, 3.8) is 0 Å². The normalized spacial score (nSPS) is 11.2. The second kappa shape index (κ2) is 6.18. The molecule has 0 atom stereocenters. The van der Waals surface area contributed by atoms with Crippen LogP contribution in [0, 0.1) is 0 Å². The van der Waals surface area contributed by atoms with Crippen molar-refractivity contribution in [2.24, 2.45) is 0 Å². The molecule has 2 rings (SSSR count). The fourth-order valence-electron chi connectivity index (χ4n) is 2.02. The quantitative estimate of drug-likeness (QED) is 0.892. The number of carbonyl (C=O) groups excluding carboxylic acids is 1. The van der Waals surface area contributed by atoms with Crippen LogP contribution in [0.1, 0.15) is 29.1 Å². The van der Waals surface area contributed by atoms with E-state index in [9.17, 15) is 9.90 Å². The van der Waals surface area contributed by atoms with E-state index in [1.54, 1.807) is 29.5 Å². The van der Waals surface area contributed by atoms with Crippen LogP contribution in [0.4, 0.5) is 0 Å². The molecule has 2 N–H and O–H groups in total. The third-order valence-corrected chi connectivity index (χ3v) is 4.58. The van der Waals surface area contributed by atoms with Gasteiger partial charge in [0.15, 0.2) is 11.5 Å². The van der Waals surface area contributed by atoms with E-state index in [1.807, 2.05) is 11.4 Å². The van der Waals surface area contributed by atoms with Gasteiger partial charge in [0.2, 0.25) is 0 Å². The molecular weight excluding hydrogens is 286 g/mol. The summed E-state index contributed by atoms with van der Waals surface area (Å²) in [6.45, 7) is 4.64. The van der Waals surface area contributed by atoms with Crippen molar-refractivity contribution in [3.8, 4) is 11.5 Å². The molecule has 0 fully saturated rings. The van der Waals surface area contributed by atoms with Gasteiger partial charge in [0.1, 0.15) is 0 Å². The highest BCUT2D eigenvalue weighted by Crippen LogP contribution is 2.30. The highest BCUT2D eigenvalue weighted by Gasteiger charge is 2.23. The Hall–Kier alpha value is -2.01. The van der Waals surface area contributed by atoms with E-state index in [0.717, 1.165) is 0 Å². The zero-order valence-corrected chi connectivity index (χ0v) is 13.2. The first kappa shape index (κ1) is 15.4. The fourth-order valence-corrected chi connectivity index (χ4v) is 2.87. The van der Waals surface area contributed by atoms with E-state index < -0.39 is 0 Å². The Morgan fingerprint density at radius 3 is 2.71 bits per heavy atom. The molecule has 0 aliphatic heterocycles. The van der Waals surface area contributed by atoms with Crippen molar-refractivity contribution >= 4 is 17.2 Å². The van der Waals surface area contributed by atoms with Crippen molar-refractivity contribution in [2.45, 2.75) is 19.3 Å². The number of ether oxygens (including phenoxy) is 1. The summed E-state index contributed by atoms with van der Waals surface area (Å²) in [5, 5.41) is 14.9. The van der Waals surface area contributed by atoms with Crippen LogP contribution in [0.15, 0.2) is 35.7 Å². The van der Waals surface area contributed by atoms with Crippen LogP contribution in [-0.4, -0.2) is 24.7 Å². The Bertz CT molecular complexity index is 620. The lowest BCUT2D eigenvalue weighted by Gasteiger charge is -2.23. The third kappa shape index (κ3) is 3.36. The van der Waals surface area contributed by atoms with Gasteiger partial charge in [-0.15, -0.1) is 11.3 Å². The molecule has 0 radical (unpaired) electrons. The molecule has 0 spiro atoms. The molecule has 4 nitrogen and oxygen atoms in total. The Kier molecular flexibility index (Phi) is 4.53. The molecule has 21 heavy (non-hydrogen) atoms. The maximum absolute atomic E-state index is 12.2. The van der Waals surface area contributed by atoms with Gasteiger partial charge in [0, 0.05) is 16.8 Å². The SMILES string of the molecule is COc1cccc(C(=O)NCC(C)(C)c2cccs2)c1O. The second-order valence-corrected chi connectivity index (χ2v) is 6.35. The van der Waals surface area contributed by atoms with Gasteiger partial charge in [-0.25, -0.2) is 0 Å². The van der Waals surface area contributed by atoms with E-state index in [4.69, 9.17) is 4.74 Å². The Balaban J connectivity index is 2.09. The number of phenols is 1. The lowest BCUT2D eigenvalue weighted by Crippen LogP contribution is -2.36. The highest BCUT2D eigenvalue weighted by atomic mass is 32.1. The smallest absolute Gasteiger partial charge is 0.255 e. The molecule has 0 unspecified atom stereocenters. The predicted octanol–water partition coefficient (Wildman–Crippen LogP) is 3.17. The molecule has 0 saturated carbocycles. The van der Waals surface area contributed by atoms with Crippen molar-refractivity contribution in [1.82, 2.24) is 5.32 Å². The summed E-state index contributed by atoms with van der Waals surface area (Å²) in [7, 11) is 1.46. The topological polar surface area (TPSA) is 58.6 Å². The molecule has 0 bridgehead atoms. The van der Waals surface area contributed by atoms with Crippen LogP contribution >= 0.6 is 11.3 Å². The van der Waals surface area contributed by atoms with Gasteiger partial charge in [-0.1, -0.05) is 26.0 Å². The average Bonchev–Trinajstić information content (AvgIpc) is 3.00. The summed E-state index contributed by atoms with van der Waals surface area (Å²) in [5.74, 6) is -0.150. The maximum atomic E-state index is 12.2. The van der Waals surface area contributed by atoms with Crippen molar-refractivity contribution in [2.75, 3.05) is 13.7 Å². The van der Waals surface area contributed by atoms with Gasteiger partial charge < -0.3 is 15.2 Å². The molecule has 0 aliphatic carbocycles. The van der Waals surface area contributed by atoms with Crippen molar-refractivity contribution < 1.29 is 14.6 Å². The molecule has 0 aliphatic rings. The summed E-state index contributed by atoms with van der Waals surface area (Å²) in [6.07, 6.45) is 0. The van der Waals surface area contributed by atoms with Crippen LogP contribution in [-0.2, 0) is 5.41 Å². The number of benzene rings is 1. The molecule has 2 aromatic rings. The Morgan fingerprint density at radius 1 is 1.33 bits per heavy atom. The van der Waals surface area contributed by atoms with Gasteiger partial charge in [-0.2, -0.15) is 0 Å². The number of aromatic hydroxyl groups is 1. The zero-order valence-electron chi connectivity index (χ0n) is 12.3. The Morgan fingerprint density at radius 2 is 2.10 bits per heavy atom. The van der Waals surface area contributed by atoms with Crippen LogP contribution in [0.2, 0.25) is 0 Å². The van der Waals surface area contributed by atoms with Crippen LogP contribution < -0.4 is 10.1 Å². The van der Waals surface area contributed by atoms with Gasteiger partial charge >= 0.3 is 0 Å². The number of nitrogens with one attached hydrogen (secondary N) is 1. The molecule has 112 valence electrons. The largest absolute Gasteiger partial charge is 0.504 e. The summed E-state index contributed by atoms with van der Waals surface area (Å²) < 4.78 is 5.01. The number of methoxy groups -OCH3 is 1. The number of amides is 1. The van der Waals surface area contributed by atoms with Crippen molar-refractivity contribution in [3.05, 3.63) is 46.2 Å². The standard InChI is InChI=1S/C16H19NO3S/c1-16(2,13-8-5-9-21-13)10-17-15(19)11-6-4-7-12(20-3)14(11)18/h4-9,18H,10H2,1-3H3,(H,17,19). The van der Waals surface area contributed by atoms with Gasteiger partial charge in [0.25, 0.3) is 5.91 Å². The molecule has 1 aromatic carbocycles. The number of para-hydroxylation sites is 1. The third-order valence-electron chi connectivity index (χ3n) is 3.34. The Labute approximate surface area is 128 Å². The molecule has 1 aromatic heterocycles. The van der Waals surface area contributed by atoms with E-state index >= 15 is 0 Å².